The molecule has 0 spiro atoms. The van der Waals surface area contributed by atoms with E-state index in [0.717, 1.165) is 0 Å². The number of carbonyl (C=O) groups is 1. The Morgan fingerprint density at radius 3 is 2.32 bits per heavy atom. The molecular weight excluding hydrogens is 435 g/mol. The van der Waals surface area contributed by atoms with Crippen LogP contribution >= 0.6 is 0 Å². The summed E-state index contributed by atoms with van der Waals surface area (Å²) in [6.07, 6.45) is -4.45. The maximum Gasteiger partial charge on any atom is 0.422 e. The molecule has 0 aliphatic carbocycles. The highest BCUT2D eigenvalue weighted by Gasteiger charge is 2.29. The molecule has 1 aliphatic heterocycles. The molecule has 168 valence electrons. The van der Waals surface area contributed by atoms with Crippen LogP contribution in [0.5, 0.6) is 5.75 Å². The topological polar surface area (TPSA) is 79.0 Å². The van der Waals surface area contributed by atoms with Gasteiger partial charge in [-0.25, -0.2) is 8.42 Å². The van der Waals surface area contributed by atoms with Crippen LogP contribution in [0, 0.1) is 0 Å². The standard InChI is InChI=1S/C20H22F3N3O4S/c1-25-9-11-26(12-10-25)31(28,29)18-4-2-3-16(13-18)24-19(27)15-5-7-17(8-6-15)30-14-20(21,22)23/h2-8,13H,9-12,14H2,1H3,(H,24,27). The number of nitrogens with one attached hydrogen (secondary N) is 1. The molecule has 1 amide bonds. The second-order valence-electron chi connectivity index (χ2n) is 7.12. The van der Waals surface area contributed by atoms with Gasteiger partial charge in [-0.3, -0.25) is 4.79 Å². The van der Waals surface area contributed by atoms with E-state index in [1.807, 2.05) is 11.9 Å². The smallest absolute Gasteiger partial charge is 0.422 e. The summed E-state index contributed by atoms with van der Waals surface area (Å²) in [6, 6.07) is 11.1. The summed E-state index contributed by atoms with van der Waals surface area (Å²) >= 11 is 0. The maximum atomic E-state index is 12.9. The summed E-state index contributed by atoms with van der Waals surface area (Å²) in [4.78, 5) is 14.6. The van der Waals surface area contributed by atoms with Gasteiger partial charge >= 0.3 is 6.18 Å². The molecule has 0 aromatic heterocycles. The molecule has 1 N–H and O–H groups in total. The number of anilines is 1. The van der Waals surface area contributed by atoms with Crippen molar-refractivity contribution in [2.75, 3.05) is 45.2 Å². The molecule has 3 rings (SSSR count). The number of piperazine rings is 1. The number of carbonyl (C=O) groups excluding carboxylic acids is 1. The number of amides is 1. The Bertz CT molecular complexity index is 1020. The number of ether oxygens (including phenoxy) is 1. The van der Waals surface area contributed by atoms with Crippen molar-refractivity contribution < 1.29 is 31.1 Å². The van der Waals surface area contributed by atoms with Crippen molar-refractivity contribution in [3.8, 4) is 5.75 Å². The molecule has 0 unspecified atom stereocenters. The molecule has 0 saturated carbocycles. The fourth-order valence-electron chi connectivity index (χ4n) is 2.98. The van der Waals surface area contributed by atoms with E-state index in [0.29, 0.717) is 26.2 Å². The molecule has 0 atom stereocenters. The number of halogens is 3. The Morgan fingerprint density at radius 1 is 1.06 bits per heavy atom. The quantitative estimate of drug-likeness (QED) is 0.722. The summed E-state index contributed by atoms with van der Waals surface area (Å²) in [5, 5.41) is 2.61. The molecular formula is C20H22F3N3O4S. The molecule has 1 fully saturated rings. The molecule has 7 nitrogen and oxygen atoms in total. The fraction of sp³-hybridized carbons (Fsp3) is 0.350. The number of nitrogens with zero attached hydrogens (tertiary/aromatic N) is 2. The molecule has 31 heavy (non-hydrogen) atoms. The molecule has 2 aromatic rings. The Morgan fingerprint density at radius 2 is 1.71 bits per heavy atom. The first-order chi connectivity index (χ1) is 14.5. The molecule has 1 heterocycles. The first-order valence-electron chi connectivity index (χ1n) is 9.44. The van der Waals surface area contributed by atoms with Crippen LogP contribution in [0.1, 0.15) is 10.4 Å². The number of hydrogen-bond donors (Lipinski definition) is 1. The van der Waals surface area contributed by atoms with Gasteiger partial charge in [0.25, 0.3) is 5.91 Å². The van der Waals surface area contributed by atoms with Crippen LogP contribution < -0.4 is 10.1 Å². The van der Waals surface area contributed by atoms with Gasteiger partial charge in [-0.15, -0.1) is 0 Å². The third-order valence-corrected chi connectivity index (χ3v) is 6.61. The fourth-order valence-corrected chi connectivity index (χ4v) is 4.45. The number of benzene rings is 2. The maximum absolute atomic E-state index is 12.9. The number of rotatable bonds is 6. The Labute approximate surface area is 178 Å². The van der Waals surface area contributed by atoms with Gasteiger partial charge in [0.1, 0.15) is 5.75 Å². The van der Waals surface area contributed by atoms with Crippen molar-refractivity contribution in [2.45, 2.75) is 11.1 Å². The Balaban J connectivity index is 1.67. The highest BCUT2D eigenvalue weighted by atomic mass is 32.2. The summed E-state index contributed by atoms with van der Waals surface area (Å²) in [5.41, 5.74) is 0.476. The van der Waals surface area contributed by atoms with Crippen LogP contribution in [-0.2, 0) is 10.0 Å². The van der Waals surface area contributed by atoms with Gasteiger partial charge in [-0.1, -0.05) is 6.07 Å². The highest BCUT2D eigenvalue weighted by Crippen LogP contribution is 2.22. The Kier molecular flexibility index (Phi) is 6.87. The Hall–Kier alpha value is -2.63. The van der Waals surface area contributed by atoms with E-state index in [1.54, 1.807) is 6.07 Å². The summed E-state index contributed by atoms with van der Waals surface area (Å²) in [7, 11) is -1.76. The van der Waals surface area contributed by atoms with Crippen molar-refractivity contribution in [1.29, 1.82) is 0 Å². The van der Waals surface area contributed by atoms with Crippen molar-refractivity contribution in [2.24, 2.45) is 0 Å². The van der Waals surface area contributed by atoms with E-state index >= 15 is 0 Å². The monoisotopic (exact) mass is 457 g/mol. The molecule has 0 bridgehead atoms. The zero-order chi connectivity index (χ0) is 22.6. The number of likely N-dealkylation sites (N-methyl/N-ethyl adjacent to an activating group) is 1. The predicted molar refractivity (Wildman–Crippen MR) is 109 cm³/mol. The average Bonchev–Trinajstić information content (AvgIpc) is 2.72. The van der Waals surface area contributed by atoms with Crippen LogP contribution in [0.2, 0.25) is 0 Å². The minimum absolute atomic E-state index is 0.0193. The average molecular weight is 457 g/mol. The van der Waals surface area contributed by atoms with Gasteiger partial charge in [0.2, 0.25) is 10.0 Å². The van der Waals surface area contributed by atoms with E-state index in [4.69, 9.17) is 0 Å². The second kappa shape index (κ2) is 9.25. The van der Waals surface area contributed by atoms with Crippen LogP contribution in [0.15, 0.2) is 53.4 Å². The highest BCUT2D eigenvalue weighted by molar-refractivity contribution is 7.89. The molecule has 0 radical (unpaired) electrons. The zero-order valence-corrected chi connectivity index (χ0v) is 17.5. The van der Waals surface area contributed by atoms with Crippen LogP contribution in [-0.4, -0.2) is 69.5 Å². The van der Waals surface area contributed by atoms with Crippen molar-refractivity contribution in [1.82, 2.24) is 9.21 Å². The molecule has 1 saturated heterocycles. The first kappa shape index (κ1) is 23.0. The lowest BCUT2D eigenvalue weighted by Crippen LogP contribution is -2.47. The number of hydrogen-bond acceptors (Lipinski definition) is 5. The molecule has 11 heteroatoms. The largest absolute Gasteiger partial charge is 0.484 e. The molecule has 2 aromatic carbocycles. The van der Waals surface area contributed by atoms with Crippen molar-refractivity contribution in [3.63, 3.8) is 0 Å². The van der Waals surface area contributed by atoms with Crippen molar-refractivity contribution >= 4 is 21.6 Å². The van der Waals surface area contributed by atoms with Crippen LogP contribution in [0.25, 0.3) is 0 Å². The van der Waals surface area contributed by atoms with Crippen LogP contribution in [0.3, 0.4) is 0 Å². The lowest BCUT2D eigenvalue weighted by molar-refractivity contribution is -0.153. The number of alkyl halides is 3. The van der Waals surface area contributed by atoms with E-state index < -0.39 is 28.7 Å². The molecule has 1 aliphatic rings. The lowest BCUT2D eigenvalue weighted by atomic mass is 10.2. The van der Waals surface area contributed by atoms with E-state index in [2.05, 4.69) is 10.1 Å². The van der Waals surface area contributed by atoms with Gasteiger partial charge in [-0.05, 0) is 49.5 Å². The SMILES string of the molecule is CN1CCN(S(=O)(=O)c2cccc(NC(=O)c3ccc(OCC(F)(F)F)cc3)c2)CC1. The summed E-state index contributed by atoms with van der Waals surface area (Å²) in [5.74, 6) is -0.550. The third kappa shape index (κ3) is 6.18. The summed E-state index contributed by atoms with van der Waals surface area (Å²) < 4.78 is 68.4. The van der Waals surface area contributed by atoms with Gasteiger partial charge in [0.15, 0.2) is 6.61 Å². The van der Waals surface area contributed by atoms with Gasteiger partial charge in [0, 0.05) is 37.4 Å². The van der Waals surface area contributed by atoms with E-state index in [9.17, 15) is 26.4 Å². The van der Waals surface area contributed by atoms with E-state index in [1.165, 1.54) is 46.8 Å². The minimum atomic E-state index is -4.45. The van der Waals surface area contributed by atoms with Gasteiger partial charge in [0.05, 0.1) is 4.90 Å². The number of sulfonamides is 1. The van der Waals surface area contributed by atoms with Gasteiger partial charge in [-0.2, -0.15) is 17.5 Å². The first-order valence-corrected chi connectivity index (χ1v) is 10.9. The van der Waals surface area contributed by atoms with Crippen LogP contribution in [0.4, 0.5) is 18.9 Å². The van der Waals surface area contributed by atoms with E-state index in [-0.39, 0.29) is 21.9 Å². The second-order valence-corrected chi connectivity index (χ2v) is 9.06. The third-order valence-electron chi connectivity index (χ3n) is 4.71. The normalized spacial score (nSPS) is 16.1. The predicted octanol–water partition coefficient (Wildman–Crippen LogP) is 2.82. The summed E-state index contributed by atoms with van der Waals surface area (Å²) in [6.45, 7) is 0.625. The van der Waals surface area contributed by atoms with Gasteiger partial charge < -0.3 is 15.0 Å². The minimum Gasteiger partial charge on any atom is -0.484 e. The van der Waals surface area contributed by atoms with Crippen molar-refractivity contribution in [3.05, 3.63) is 54.1 Å². The lowest BCUT2D eigenvalue weighted by Gasteiger charge is -2.31. The zero-order valence-electron chi connectivity index (χ0n) is 16.7.